The Labute approximate surface area is 116 Å². The summed E-state index contributed by atoms with van der Waals surface area (Å²) in [6.07, 6.45) is 3.85. The molecular weight excluding hydrogens is 234 g/mol. The summed E-state index contributed by atoms with van der Waals surface area (Å²) < 4.78 is 5.80. The molecule has 0 fully saturated rings. The summed E-state index contributed by atoms with van der Waals surface area (Å²) in [5, 5.41) is 4.73. The monoisotopic (exact) mass is 259 g/mol. The van der Waals surface area contributed by atoms with E-state index in [-0.39, 0.29) is 0 Å². The van der Waals surface area contributed by atoms with Gasteiger partial charge in [-0.15, -0.1) is 0 Å². The Morgan fingerprint density at radius 1 is 1.11 bits per heavy atom. The lowest BCUT2D eigenvalue weighted by molar-refractivity contribution is 0.432. The van der Waals surface area contributed by atoms with E-state index in [4.69, 9.17) is 4.42 Å². The lowest BCUT2D eigenvalue weighted by Gasteiger charge is -2.13. The molecule has 19 heavy (non-hydrogen) atoms. The van der Waals surface area contributed by atoms with E-state index >= 15 is 0 Å². The van der Waals surface area contributed by atoms with Crippen LogP contribution in [-0.2, 0) is 6.54 Å². The summed E-state index contributed by atoms with van der Waals surface area (Å²) in [5.41, 5.74) is 0.978. The van der Waals surface area contributed by atoms with Gasteiger partial charge in [-0.25, -0.2) is 0 Å². The van der Waals surface area contributed by atoms with Crippen molar-refractivity contribution < 1.29 is 4.42 Å². The molecule has 1 atom stereocenters. The predicted molar refractivity (Wildman–Crippen MR) is 81.2 cm³/mol. The second kappa shape index (κ2) is 6.76. The molecule has 1 aromatic heterocycles. The average Bonchev–Trinajstić information content (AvgIpc) is 2.78. The molecule has 0 radical (unpaired) electrons. The van der Waals surface area contributed by atoms with Gasteiger partial charge < -0.3 is 9.73 Å². The molecule has 1 aromatic carbocycles. The van der Waals surface area contributed by atoms with Crippen LogP contribution in [0.5, 0.6) is 0 Å². The van der Waals surface area contributed by atoms with Gasteiger partial charge in [0.1, 0.15) is 11.3 Å². The minimum atomic E-state index is 0.548. The maximum atomic E-state index is 5.80. The van der Waals surface area contributed by atoms with Gasteiger partial charge in [0.25, 0.3) is 0 Å². The summed E-state index contributed by atoms with van der Waals surface area (Å²) in [4.78, 5) is 0. The third-order valence-electron chi connectivity index (χ3n) is 3.52. The predicted octanol–water partition coefficient (Wildman–Crippen LogP) is 4.74. The van der Waals surface area contributed by atoms with Crippen molar-refractivity contribution in [3.8, 4) is 0 Å². The van der Waals surface area contributed by atoms with Gasteiger partial charge in [0.15, 0.2) is 0 Å². The second-order valence-corrected chi connectivity index (χ2v) is 5.86. The molecule has 0 aliphatic rings. The molecule has 0 spiro atoms. The van der Waals surface area contributed by atoms with Crippen LogP contribution in [0.3, 0.4) is 0 Å². The highest BCUT2D eigenvalue weighted by Crippen LogP contribution is 2.18. The Bertz CT molecular complexity index is 468. The van der Waals surface area contributed by atoms with Crippen molar-refractivity contribution in [1.29, 1.82) is 0 Å². The largest absolute Gasteiger partial charge is 0.460 e. The fourth-order valence-electron chi connectivity index (χ4n) is 2.33. The van der Waals surface area contributed by atoms with E-state index in [1.165, 1.54) is 24.6 Å². The minimum Gasteiger partial charge on any atom is -0.460 e. The minimum absolute atomic E-state index is 0.548. The number of fused-ring (bicyclic) bond motifs is 1. The molecule has 1 unspecified atom stereocenters. The van der Waals surface area contributed by atoms with Gasteiger partial charge >= 0.3 is 0 Å². The van der Waals surface area contributed by atoms with E-state index in [1.807, 2.05) is 18.2 Å². The first-order valence-electron chi connectivity index (χ1n) is 7.36. The topological polar surface area (TPSA) is 25.2 Å². The van der Waals surface area contributed by atoms with Crippen LogP contribution in [-0.4, -0.2) is 6.04 Å². The number of benzene rings is 1. The van der Waals surface area contributed by atoms with Crippen molar-refractivity contribution in [2.24, 2.45) is 5.92 Å². The van der Waals surface area contributed by atoms with Crippen LogP contribution in [0.15, 0.2) is 34.7 Å². The molecular formula is C17H25NO. The van der Waals surface area contributed by atoms with Crippen molar-refractivity contribution in [1.82, 2.24) is 5.32 Å². The van der Waals surface area contributed by atoms with E-state index in [1.54, 1.807) is 0 Å². The maximum absolute atomic E-state index is 5.80. The smallest absolute Gasteiger partial charge is 0.134 e. The number of hydrogen-bond donors (Lipinski definition) is 1. The molecule has 0 bridgehead atoms. The Morgan fingerprint density at radius 3 is 2.63 bits per heavy atom. The zero-order valence-corrected chi connectivity index (χ0v) is 12.3. The van der Waals surface area contributed by atoms with Crippen molar-refractivity contribution >= 4 is 11.0 Å². The van der Waals surface area contributed by atoms with E-state index in [2.05, 4.69) is 38.2 Å². The van der Waals surface area contributed by atoms with Crippen LogP contribution in [0.2, 0.25) is 0 Å². The Morgan fingerprint density at radius 2 is 1.89 bits per heavy atom. The van der Waals surface area contributed by atoms with Crippen LogP contribution in [0.4, 0.5) is 0 Å². The van der Waals surface area contributed by atoms with Crippen LogP contribution < -0.4 is 5.32 Å². The second-order valence-electron chi connectivity index (χ2n) is 5.86. The van der Waals surface area contributed by atoms with Gasteiger partial charge in [-0.05, 0) is 31.4 Å². The molecule has 1 heterocycles. The molecule has 1 N–H and O–H groups in total. The van der Waals surface area contributed by atoms with E-state index in [0.717, 1.165) is 23.8 Å². The van der Waals surface area contributed by atoms with E-state index < -0.39 is 0 Å². The summed E-state index contributed by atoms with van der Waals surface area (Å²) >= 11 is 0. The van der Waals surface area contributed by atoms with E-state index in [0.29, 0.717) is 6.04 Å². The summed E-state index contributed by atoms with van der Waals surface area (Å²) in [6, 6.07) is 10.8. The van der Waals surface area contributed by atoms with Crippen LogP contribution in [0.25, 0.3) is 11.0 Å². The van der Waals surface area contributed by atoms with Crippen molar-refractivity contribution in [3.05, 3.63) is 36.1 Å². The highest BCUT2D eigenvalue weighted by molar-refractivity contribution is 5.77. The highest BCUT2D eigenvalue weighted by Gasteiger charge is 2.06. The SMILES string of the molecule is CC(C)CCCC(C)NCc1cc2ccccc2o1. The average molecular weight is 259 g/mol. The lowest BCUT2D eigenvalue weighted by atomic mass is 10.0. The third-order valence-corrected chi connectivity index (χ3v) is 3.52. The van der Waals surface area contributed by atoms with Gasteiger partial charge in [-0.1, -0.05) is 44.9 Å². The lowest BCUT2D eigenvalue weighted by Crippen LogP contribution is -2.25. The van der Waals surface area contributed by atoms with Gasteiger partial charge in [-0.2, -0.15) is 0 Å². The molecule has 0 saturated heterocycles. The molecule has 0 aliphatic heterocycles. The fraction of sp³-hybridized carbons (Fsp3) is 0.529. The Kier molecular flexibility index (Phi) is 5.03. The highest BCUT2D eigenvalue weighted by atomic mass is 16.3. The number of hydrogen-bond acceptors (Lipinski definition) is 2. The van der Waals surface area contributed by atoms with E-state index in [9.17, 15) is 0 Å². The summed E-state index contributed by atoms with van der Waals surface area (Å²) in [6.45, 7) is 7.64. The number of rotatable bonds is 7. The van der Waals surface area contributed by atoms with Crippen LogP contribution in [0.1, 0.15) is 45.8 Å². The Hall–Kier alpha value is -1.28. The van der Waals surface area contributed by atoms with Crippen molar-refractivity contribution in [2.45, 2.75) is 52.6 Å². The first-order valence-corrected chi connectivity index (χ1v) is 7.36. The van der Waals surface area contributed by atoms with Gasteiger partial charge in [0.05, 0.1) is 6.54 Å². The van der Waals surface area contributed by atoms with Gasteiger partial charge in [0.2, 0.25) is 0 Å². The van der Waals surface area contributed by atoms with Crippen molar-refractivity contribution in [2.75, 3.05) is 0 Å². The quantitative estimate of drug-likeness (QED) is 0.777. The first-order chi connectivity index (χ1) is 9.15. The fourth-order valence-corrected chi connectivity index (χ4v) is 2.33. The molecule has 2 aromatic rings. The number of nitrogens with one attached hydrogen (secondary N) is 1. The van der Waals surface area contributed by atoms with Gasteiger partial charge in [-0.3, -0.25) is 0 Å². The molecule has 0 aliphatic carbocycles. The molecule has 2 rings (SSSR count). The standard InChI is InChI=1S/C17H25NO/c1-13(2)7-6-8-14(3)18-12-16-11-15-9-4-5-10-17(15)19-16/h4-5,9-11,13-14,18H,6-8,12H2,1-3H3. The molecule has 2 nitrogen and oxygen atoms in total. The number of furan rings is 1. The number of para-hydroxylation sites is 1. The van der Waals surface area contributed by atoms with Crippen molar-refractivity contribution in [3.63, 3.8) is 0 Å². The Balaban J connectivity index is 1.78. The molecule has 104 valence electrons. The summed E-state index contributed by atoms with van der Waals surface area (Å²) in [7, 11) is 0. The first kappa shape index (κ1) is 14.1. The normalized spacial score (nSPS) is 13.3. The molecule has 2 heteroatoms. The van der Waals surface area contributed by atoms with Crippen LogP contribution >= 0.6 is 0 Å². The third kappa shape index (κ3) is 4.39. The zero-order chi connectivity index (χ0) is 13.7. The molecule has 0 amide bonds. The maximum Gasteiger partial charge on any atom is 0.134 e. The molecule has 0 saturated carbocycles. The zero-order valence-electron chi connectivity index (χ0n) is 12.3. The van der Waals surface area contributed by atoms with Gasteiger partial charge in [0, 0.05) is 11.4 Å². The van der Waals surface area contributed by atoms with Crippen LogP contribution in [0, 0.1) is 5.92 Å². The summed E-state index contributed by atoms with van der Waals surface area (Å²) in [5.74, 6) is 1.83.